The van der Waals surface area contributed by atoms with E-state index in [9.17, 15) is 18.7 Å². The standard InChI is InChI=1S/C15H20F2N6O3/c1-9-7-10(2)23-12(19-9)20-11(22-23)21-13(24)18-8-15(16,17)14(25)3-5-26-6-4-14/h7,25H,3-6,8H2,1-2H3,(H2,18,21,22,24). The predicted molar refractivity (Wildman–Crippen MR) is 87.2 cm³/mol. The van der Waals surface area contributed by atoms with Gasteiger partial charge in [0.05, 0.1) is 6.54 Å². The number of rotatable bonds is 4. The average molecular weight is 370 g/mol. The van der Waals surface area contributed by atoms with E-state index in [0.29, 0.717) is 5.78 Å². The van der Waals surface area contributed by atoms with Crippen molar-refractivity contribution in [1.29, 1.82) is 0 Å². The van der Waals surface area contributed by atoms with Crippen molar-refractivity contribution in [3.8, 4) is 0 Å². The molecule has 142 valence electrons. The number of hydrogen-bond donors (Lipinski definition) is 3. The fraction of sp³-hybridized carbons (Fsp3) is 0.600. The molecule has 0 bridgehead atoms. The number of carbonyl (C=O) groups excluding carboxylic acids is 1. The van der Waals surface area contributed by atoms with Crippen LogP contribution >= 0.6 is 0 Å². The molecule has 0 atom stereocenters. The third kappa shape index (κ3) is 3.58. The van der Waals surface area contributed by atoms with Crippen molar-refractivity contribution >= 4 is 17.8 Å². The number of nitrogens with one attached hydrogen (secondary N) is 2. The summed E-state index contributed by atoms with van der Waals surface area (Å²) in [5.41, 5.74) is -0.692. The SMILES string of the molecule is Cc1cc(C)n2nc(NC(=O)NCC(F)(F)C3(O)CCOCC3)nc2n1. The number of aliphatic hydroxyl groups is 1. The number of amides is 2. The van der Waals surface area contributed by atoms with Gasteiger partial charge in [0.15, 0.2) is 0 Å². The van der Waals surface area contributed by atoms with Crippen LogP contribution in [0.3, 0.4) is 0 Å². The lowest BCUT2D eigenvalue weighted by Gasteiger charge is -2.38. The van der Waals surface area contributed by atoms with Crippen LogP contribution in [0.4, 0.5) is 19.5 Å². The number of aryl methyl sites for hydroxylation is 2. The van der Waals surface area contributed by atoms with E-state index in [-0.39, 0.29) is 32.0 Å². The van der Waals surface area contributed by atoms with Crippen molar-refractivity contribution in [1.82, 2.24) is 24.9 Å². The molecule has 3 N–H and O–H groups in total. The number of alkyl halides is 2. The summed E-state index contributed by atoms with van der Waals surface area (Å²) >= 11 is 0. The van der Waals surface area contributed by atoms with E-state index in [4.69, 9.17) is 4.74 Å². The molecule has 2 aromatic rings. The van der Waals surface area contributed by atoms with Crippen molar-refractivity contribution in [2.24, 2.45) is 0 Å². The molecule has 3 heterocycles. The van der Waals surface area contributed by atoms with Crippen LogP contribution < -0.4 is 10.6 Å². The molecule has 2 amide bonds. The van der Waals surface area contributed by atoms with Gasteiger partial charge in [-0.25, -0.2) is 18.6 Å². The second-order valence-corrected chi connectivity index (χ2v) is 6.34. The van der Waals surface area contributed by atoms with Crippen LogP contribution in [0.15, 0.2) is 6.07 Å². The second kappa shape index (κ2) is 6.72. The van der Waals surface area contributed by atoms with Gasteiger partial charge in [0.2, 0.25) is 0 Å². The lowest BCUT2D eigenvalue weighted by Crippen LogP contribution is -2.57. The highest BCUT2D eigenvalue weighted by Gasteiger charge is 2.53. The molecule has 1 aliphatic rings. The number of halogens is 2. The zero-order valence-electron chi connectivity index (χ0n) is 14.4. The summed E-state index contributed by atoms with van der Waals surface area (Å²) < 4.78 is 35.0. The third-order valence-corrected chi connectivity index (χ3v) is 4.32. The van der Waals surface area contributed by atoms with E-state index in [1.54, 1.807) is 19.9 Å². The molecule has 1 fully saturated rings. The number of ether oxygens (including phenoxy) is 1. The van der Waals surface area contributed by atoms with Gasteiger partial charge in [-0.1, -0.05) is 0 Å². The Balaban J connectivity index is 1.63. The molecule has 3 rings (SSSR count). The van der Waals surface area contributed by atoms with Gasteiger partial charge in [-0.05, 0) is 19.9 Å². The Bertz CT molecular complexity index is 819. The lowest BCUT2D eigenvalue weighted by atomic mass is 9.87. The summed E-state index contributed by atoms with van der Waals surface area (Å²) in [6.45, 7) is 2.68. The van der Waals surface area contributed by atoms with E-state index in [1.165, 1.54) is 4.52 Å². The van der Waals surface area contributed by atoms with E-state index >= 15 is 0 Å². The van der Waals surface area contributed by atoms with Gasteiger partial charge in [-0.3, -0.25) is 5.32 Å². The van der Waals surface area contributed by atoms with E-state index in [1.807, 2.05) is 0 Å². The maximum atomic E-state index is 14.3. The fourth-order valence-corrected chi connectivity index (χ4v) is 2.80. The van der Waals surface area contributed by atoms with E-state index < -0.39 is 24.1 Å². The number of carbonyl (C=O) groups is 1. The predicted octanol–water partition coefficient (Wildman–Crippen LogP) is 1.04. The van der Waals surface area contributed by atoms with Crippen LogP contribution in [0.1, 0.15) is 24.2 Å². The van der Waals surface area contributed by atoms with Crippen molar-refractivity contribution in [3.05, 3.63) is 17.5 Å². The quantitative estimate of drug-likeness (QED) is 0.741. The molecule has 26 heavy (non-hydrogen) atoms. The Morgan fingerprint density at radius 2 is 2.08 bits per heavy atom. The first kappa shape index (κ1) is 18.4. The zero-order chi connectivity index (χ0) is 18.9. The first-order valence-electron chi connectivity index (χ1n) is 8.14. The smallest absolute Gasteiger partial charge is 0.321 e. The average Bonchev–Trinajstić information content (AvgIpc) is 2.96. The fourth-order valence-electron chi connectivity index (χ4n) is 2.80. The second-order valence-electron chi connectivity index (χ2n) is 6.34. The summed E-state index contributed by atoms with van der Waals surface area (Å²) in [4.78, 5) is 20.1. The normalized spacial score (nSPS) is 17.3. The number of fused-ring (bicyclic) bond motifs is 1. The summed E-state index contributed by atoms with van der Waals surface area (Å²) in [7, 11) is 0. The third-order valence-electron chi connectivity index (χ3n) is 4.32. The van der Waals surface area contributed by atoms with Gasteiger partial charge in [-0.2, -0.15) is 9.50 Å². The number of urea groups is 1. The minimum absolute atomic E-state index is 0.0508. The van der Waals surface area contributed by atoms with Crippen LogP contribution in [0.2, 0.25) is 0 Å². The van der Waals surface area contributed by atoms with Crippen LogP contribution in [0.25, 0.3) is 5.78 Å². The summed E-state index contributed by atoms with van der Waals surface area (Å²) in [5.74, 6) is -3.26. The van der Waals surface area contributed by atoms with Gasteiger partial charge in [-0.15, -0.1) is 5.10 Å². The molecule has 1 saturated heterocycles. The Kier molecular flexibility index (Phi) is 4.76. The maximum Gasteiger partial charge on any atom is 0.321 e. The Morgan fingerprint density at radius 1 is 1.38 bits per heavy atom. The van der Waals surface area contributed by atoms with E-state index in [0.717, 1.165) is 11.4 Å². The first-order valence-corrected chi connectivity index (χ1v) is 8.14. The monoisotopic (exact) mass is 370 g/mol. The number of anilines is 1. The van der Waals surface area contributed by atoms with Crippen LogP contribution in [0, 0.1) is 13.8 Å². The Morgan fingerprint density at radius 3 is 2.77 bits per heavy atom. The lowest BCUT2D eigenvalue weighted by molar-refractivity contribution is -0.209. The highest BCUT2D eigenvalue weighted by molar-refractivity contribution is 5.87. The number of nitrogens with zero attached hydrogens (tertiary/aromatic N) is 4. The molecule has 0 saturated carbocycles. The van der Waals surface area contributed by atoms with Gasteiger partial charge in [0.25, 0.3) is 17.6 Å². The molecular weight excluding hydrogens is 350 g/mol. The van der Waals surface area contributed by atoms with Gasteiger partial charge in [0, 0.05) is 37.4 Å². The topological polar surface area (TPSA) is 114 Å². The molecule has 0 unspecified atom stereocenters. The molecule has 11 heteroatoms. The van der Waals surface area contributed by atoms with Crippen molar-refractivity contribution < 1.29 is 23.4 Å². The van der Waals surface area contributed by atoms with Gasteiger partial charge in [0.1, 0.15) is 5.60 Å². The Labute approximate surface area is 147 Å². The summed E-state index contributed by atoms with van der Waals surface area (Å²) in [5, 5.41) is 18.5. The van der Waals surface area contributed by atoms with Crippen molar-refractivity contribution in [3.63, 3.8) is 0 Å². The summed E-state index contributed by atoms with van der Waals surface area (Å²) in [6.07, 6.45) is -0.386. The zero-order valence-corrected chi connectivity index (χ0v) is 14.4. The molecule has 0 aromatic carbocycles. The van der Waals surface area contributed by atoms with Crippen molar-refractivity contribution in [2.45, 2.75) is 38.2 Å². The highest BCUT2D eigenvalue weighted by atomic mass is 19.3. The molecule has 0 spiro atoms. The molecule has 2 aromatic heterocycles. The largest absolute Gasteiger partial charge is 0.383 e. The van der Waals surface area contributed by atoms with Crippen LogP contribution in [0.5, 0.6) is 0 Å². The van der Waals surface area contributed by atoms with Crippen LogP contribution in [-0.2, 0) is 4.74 Å². The van der Waals surface area contributed by atoms with Gasteiger partial charge < -0.3 is 15.2 Å². The molecular formula is C15H20F2N6O3. The molecule has 9 nitrogen and oxygen atoms in total. The first-order chi connectivity index (χ1) is 12.2. The molecule has 0 radical (unpaired) electrons. The van der Waals surface area contributed by atoms with Crippen LogP contribution in [-0.4, -0.2) is 62.0 Å². The Hall–Kier alpha value is -2.40. The minimum Gasteiger partial charge on any atom is -0.383 e. The summed E-state index contributed by atoms with van der Waals surface area (Å²) in [6, 6.07) is 0.895. The maximum absolute atomic E-state index is 14.3. The van der Waals surface area contributed by atoms with Crippen molar-refractivity contribution in [2.75, 3.05) is 25.1 Å². The van der Waals surface area contributed by atoms with E-state index in [2.05, 4.69) is 25.7 Å². The minimum atomic E-state index is -3.49. The number of hydrogen-bond acceptors (Lipinski definition) is 6. The molecule has 1 aliphatic heterocycles. The number of aromatic nitrogens is 4. The molecule has 0 aliphatic carbocycles. The van der Waals surface area contributed by atoms with Gasteiger partial charge >= 0.3 is 6.03 Å². The highest BCUT2D eigenvalue weighted by Crippen LogP contribution is 2.36.